The van der Waals surface area contributed by atoms with Crippen molar-refractivity contribution in [2.24, 2.45) is 0 Å². The van der Waals surface area contributed by atoms with E-state index in [-0.39, 0.29) is 10.7 Å². The van der Waals surface area contributed by atoms with E-state index in [4.69, 9.17) is 16.3 Å². The maximum absolute atomic E-state index is 13.2. The van der Waals surface area contributed by atoms with Gasteiger partial charge in [0.05, 0.1) is 16.0 Å². The molecule has 1 aromatic rings. The first-order valence-electron chi connectivity index (χ1n) is 7.92. The van der Waals surface area contributed by atoms with Gasteiger partial charge >= 0.3 is 6.09 Å². The van der Waals surface area contributed by atoms with Crippen LogP contribution in [0.3, 0.4) is 0 Å². The zero-order chi connectivity index (χ0) is 18.8. The fraction of sp³-hybridized carbons (Fsp3) is 0.562. The van der Waals surface area contributed by atoms with Crippen LogP contribution in [0.5, 0.6) is 0 Å². The Morgan fingerprint density at radius 1 is 1.32 bits per heavy atom. The molecule has 1 aliphatic rings. The summed E-state index contributed by atoms with van der Waals surface area (Å²) in [5.74, 6) is -0.615. The topological polar surface area (TPSA) is 75.7 Å². The lowest BCUT2D eigenvalue weighted by Crippen LogP contribution is -2.45. The summed E-state index contributed by atoms with van der Waals surface area (Å²) in [6.07, 6.45) is 0.147. The fourth-order valence-electron chi connectivity index (χ4n) is 2.48. The SMILES string of the molecule is CC(C)(C)OC(=O)N1CCC(S(=O)(=O)Nc2ccc(F)c(Cl)c2)CC1. The standard InChI is InChI=1S/C16H22ClFN2O4S/c1-16(2,3)24-15(21)20-8-6-12(7-9-20)25(22,23)19-11-4-5-14(18)13(17)10-11/h4-5,10,12,19H,6-9H2,1-3H3. The normalized spacial score (nSPS) is 16.6. The third kappa shape index (κ3) is 5.47. The zero-order valence-electron chi connectivity index (χ0n) is 14.4. The summed E-state index contributed by atoms with van der Waals surface area (Å²) < 4.78 is 45.8. The first-order chi connectivity index (χ1) is 11.5. The number of hydrogen-bond acceptors (Lipinski definition) is 4. The molecule has 0 spiro atoms. The molecule has 1 aliphatic heterocycles. The van der Waals surface area contributed by atoms with Crippen LogP contribution in [0.25, 0.3) is 0 Å². The maximum Gasteiger partial charge on any atom is 0.410 e. The number of carbonyl (C=O) groups excluding carboxylic acids is 1. The van der Waals surface area contributed by atoms with Gasteiger partial charge < -0.3 is 9.64 Å². The smallest absolute Gasteiger partial charge is 0.410 e. The predicted octanol–water partition coefficient (Wildman–Crippen LogP) is 3.62. The van der Waals surface area contributed by atoms with Crippen LogP contribution >= 0.6 is 11.6 Å². The number of rotatable bonds is 3. The Labute approximate surface area is 152 Å². The van der Waals surface area contributed by atoms with Gasteiger partial charge in [-0.15, -0.1) is 0 Å². The number of ether oxygens (including phenoxy) is 1. The van der Waals surface area contributed by atoms with Gasteiger partial charge in [0.2, 0.25) is 10.0 Å². The molecule has 140 valence electrons. The van der Waals surface area contributed by atoms with Crippen molar-refractivity contribution in [2.75, 3.05) is 17.8 Å². The minimum absolute atomic E-state index is 0.153. The molecule has 1 aromatic carbocycles. The summed E-state index contributed by atoms with van der Waals surface area (Å²) >= 11 is 5.67. The van der Waals surface area contributed by atoms with Crippen molar-refractivity contribution in [1.82, 2.24) is 4.90 Å². The highest BCUT2D eigenvalue weighted by Gasteiger charge is 2.33. The second-order valence-corrected chi connectivity index (χ2v) is 9.31. The lowest BCUT2D eigenvalue weighted by atomic mass is 10.1. The summed E-state index contributed by atoms with van der Waals surface area (Å²) in [5, 5.41) is -0.796. The molecule has 2 rings (SSSR count). The number of piperidine rings is 1. The monoisotopic (exact) mass is 392 g/mol. The Morgan fingerprint density at radius 3 is 2.44 bits per heavy atom. The Hall–Kier alpha value is -1.54. The lowest BCUT2D eigenvalue weighted by molar-refractivity contribution is 0.0217. The summed E-state index contributed by atoms with van der Waals surface area (Å²) in [7, 11) is -3.66. The van der Waals surface area contributed by atoms with E-state index in [1.165, 1.54) is 17.0 Å². The van der Waals surface area contributed by atoms with E-state index in [9.17, 15) is 17.6 Å². The van der Waals surface area contributed by atoms with E-state index in [1.54, 1.807) is 20.8 Å². The number of sulfonamides is 1. The highest BCUT2D eigenvalue weighted by atomic mass is 35.5. The number of anilines is 1. The Kier molecular flexibility index (Phi) is 5.83. The third-order valence-corrected chi connectivity index (χ3v) is 5.87. The number of halogens is 2. The number of likely N-dealkylation sites (tertiary alicyclic amines) is 1. The van der Waals surface area contributed by atoms with Crippen molar-refractivity contribution in [1.29, 1.82) is 0 Å². The molecule has 9 heteroatoms. The summed E-state index contributed by atoms with van der Waals surface area (Å²) in [6, 6.07) is 3.64. The van der Waals surface area contributed by atoms with Crippen LogP contribution in [0.2, 0.25) is 5.02 Å². The van der Waals surface area contributed by atoms with Crippen LogP contribution in [-0.4, -0.2) is 43.4 Å². The summed E-state index contributed by atoms with van der Waals surface area (Å²) in [6.45, 7) is 5.93. The molecular formula is C16H22ClFN2O4S. The van der Waals surface area contributed by atoms with Crippen molar-refractivity contribution in [2.45, 2.75) is 44.5 Å². The Balaban J connectivity index is 1.96. The molecule has 1 N–H and O–H groups in total. The van der Waals surface area contributed by atoms with Gasteiger partial charge in [-0.2, -0.15) is 0 Å². The third-order valence-electron chi connectivity index (χ3n) is 3.71. The van der Waals surface area contributed by atoms with Gasteiger partial charge in [0.1, 0.15) is 11.4 Å². The summed E-state index contributed by atoms with van der Waals surface area (Å²) in [5.41, 5.74) is -0.385. The number of amides is 1. The number of hydrogen-bond donors (Lipinski definition) is 1. The molecule has 25 heavy (non-hydrogen) atoms. The van der Waals surface area contributed by atoms with Gasteiger partial charge in [-0.05, 0) is 51.8 Å². The highest BCUT2D eigenvalue weighted by molar-refractivity contribution is 7.93. The van der Waals surface area contributed by atoms with Crippen molar-refractivity contribution in [3.63, 3.8) is 0 Å². The van der Waals surface area contributed by atoms with Gasteiger partial charge in [-0.3, -0.25) is 4.72 Å². The largest absolute Gasteiger partial charge is 0.444 e. The van der Waals surface area contributed by atoms with E-state index in [0.29, 0.717) is 25.9 Å². The molecule has 1 fully saturated rings. The molecule has 1 saturated heterocycles. The van der Waals surface area contributed by atoms with Crippen LogP contribution < -0.4 is 4.72 Å². The maximum atomic E-state index is 13.2. The van der Waals surface area contributed by atoms with Gasteiger partial charge in [0, 0.05) is 13.1 Å². The predicted molar refractivity (Wildman–Crippen MR) is 94.8 cm³/mol. The molecule has 0 unspecified atom stereocenters. The molecule has 0 bridgehead atoms. The zero-order valence-corrected chi connectivity index (χ0v) is 16.0. The molecule has 6 nitrogen and oxygen atoms in total. The van der Waals surface area contributed by atoms with E-state index < -0.39 is 32.8 Å². The molecular weight excluding hydrogens is 371 g/mol. The van der Waals surface area contributed by atoms with E-state index >= 15 is 0 Å². The second-order valence-electron chi connectivity index (χ2n) is 6.94. The second kappa shape index (κ2) is 7.37. The first kappa shape index (κ1) is 19.8. The van der Waals surface area contributed by atoms with Crippen LogP contribution in [0.4, 0.5) is 14.9 Å². The Bertz CT molecular complexity index is 741. The van der Waals surface area contributed by atoms with Crippen molar-refractivity contribution in [3.05, 3.63) is 29.0 Å². The molecule has 0 atom stereocenters. The van der Waals surface area contributed by atoms with E-state index in [2.05, 4.69) is 4.72 Å². The van der Waals surface area contributed by atoms with Crippen LogP contribution in [0.1, 0.15) is 33.6 Å². The van der Waals surface area contributed by atoms with Crippen molar-refractivity contribution < 1.29 is 22.3 Å². The number of carbonyl (C=O) groups is 1. The highest BCUT2D eigenvalue weighted by Crippen LogP contribution is 2.24. The average molecular weight is 393 g/mol. The van der Waals surface area contributed by atoms with Crippen molar-refractivity contribution >= 4 is 33.4 Å². The molecule has 1 amide bonds. The van der Waals surface area contributed by atoms with Crippen LogP contribution in [0.15, 0.2) is 18.2 Å². The Morgan fingerprint density at radius 2 is 1.92 bits per heavy atom. The number of nitrogens with one attached hydrogen (secondary N) is 1. The number of benzene rings is 1. The summed E-state index contributed by atoms with van der Waals surface area (Å²) in [4.78, 5) is 13.5. The van der Waals surface area contributed by atoms with Gasteiger partial charge in [-0.25, -0.2) is 17.6 Å². The molecule has 1 heterocycles. The fourth-order valence-corrected chi connectivity index (χ4v) is 4.12. The lowest BCUT2D eigenvalue weighted by Gasteiger charge is -2.33. The molecule has 0 saturated carbocycles. The van der Waals surface area contributed by atoms with Gasteiger partial charge in [0.15, 0.2) is 0 Å². The van der Waals surface area contributed by atoms with E-state index in [1.807, 2.05) is 0 Å². The molecule has 0 aliphatic carbocycles. The van der Waals surface area contributed by atoms with Gasteiger partial charge in [-0.1, -0.05) is 11.6 Å². The first-order valence-corrected chi connectivity index (χ1v) is 9.85. The molecule has 0 radical (unpaired) electrons. The van der Waals surface area contributed by atoms with E-state index in [0.717, 1.165) is 6.07 Å². The average Bonchev–Trinajstić information content (AvgIpc) is 2.49. The van der Waals surface area contributed by atoms with Crippen LogP contribution in [-0.2, 0) is 14.8 Å². The van der Waals surface area contributed by atoms with Crippen LogP contribution in [0, 0.1) is 5.82 Å². The quantitative estimate of drug-likeness (QED) is 0.852. The minimum atomic E-state index is -3.66. The van der Waals surface area contributed by atoms with Crippen molar-refractivity contribution in [3.8, 4) is 0 Å². The van der Waals surface area contributed by atoms with Gasteiger partial charge in [0.25, 0.3) is 0 Å². The molecule has 0 aromatic heterocycles. The minimum Gasteiger partial charge on any atom is -0.444 e. The number of nitrogens with zero attached hydrogens (tertiary/aromatic N) is 1.